The molecule has 0 unspecified atom stereocenters. The number of carbonyl (C=O) groups excluding carboxylic acids is 1. The lowest BCUT2D eigenvalue weighted by atomic mass is 10.0. The van der Waals surface area contributed by atoms with Gasteiger partial charge in [-0.1, -0.05) is 24.3 Å². The van der Waals surface area contributed by atoms with E-state index in [1.807, 2.05) is 55.4 Å². The number of piperidine rings is 1. The molecular weight excluding hydrogens is 482 g/mol. The van der Waals surface area contributed by atoms with Crippen LogP contribution in [0.15, 0.2) is 73.1 Å². The van der Waals surface area contributed by atoms with Gasteiger partial charge in [0.15, 0.2) is 0 Å². The van der Waals surface area contributed by atoms with Crippen molar-refractivity contribution in [1.82, 2.24) is 25.1 Å². The number of rotatable bonds is 9. The van der Waals surface area contributed by atoms with Gasteiger partial charge in [0.25, 0.3) is 0 Å². The Bertz CT molecular complexity index is 1260. The fourth-order valence-electron chi connectivity index (χ4n) is 4.05. The Morgan fingerprint density at radius 2 is 1.79 bits per heavy atom. The summed E-state index contributed by atoms with van der Waals surface area (Å²) in [6.07, 6.45) is 6.42. The summed E-state index contributed by atoms with van der Waals surface area (Å²) < 4.78 is 11.8. The van der Waals surface area contributed by atoms with Crippen LogP contribution in [-0.4, -0.2) is 71.3 Å². The van der Waals surface area contributed by atoms with Crippen LogP contribution in [-0.2, 0) is 4.79 Å². The van der Waals surface area contributed by atoms with Crippen molar-refractivity contribution >= 4 is 17.6 Å². The van der Waals surface area contributed by atoms with E-state index in [0.717, 1.165) is 18.6 Å². The van der Waals surface area contributed by atoms with Gasteiger partial charge in [-0.2, -0.15) is 0 Å². The van der Waals surface area contributed by atoms with Crippen molar-refractivity contribution in [3.63, 3.8) is 0 Å². The number of amidine groups is 1. The van der Waals surface area contributed by atoms with Crippen LogP contribution in [0.2, 0.25) is 0 Å². The molecular formula is C28H33N7O3. The molecule has 4 rings (SSSR count). The molecule has 198 valence electrons. The quantitative estimate of drug-likeness (QED) is 0.224. The molecule has 10 heteroatoms. The summed E-state index contributed by atoms with van der Waals surface area (Å²) in [4.78, 5) is 24.7. The van der Waals surface area contributed by atoms with Gasteiger partial charge in [0.2, 0.25) is 11.8 Å². The zero-order chi connectivity index (χ0) is 26.9. The molecule has 2 aromatic carbocycles. The van der Waals surface area contributed by atoms with Crippen molar-refractivity contribution in [2.24, 2.45) is 0 Å². The Balaban J connectivity index is 1.40. The van der Waals surface area contributed by atoms with Crippen LogP contribution in [0.4, 0.5) is 5.82 Å². The van der Waals surface area contributed by atoms with Crippen molar-refractivity contribution < 1.29 is 14.3 Å². The Morgan fingerprint density at radius 3 is 2.50 bits per heavy atom. The van der Waals surface area contributed by atoms with Gasteiger partial charge in [0.1, 0.15) is 40.8 Å². The van der Waals surface area contributed by atoms with Crippen molar-refractivity contribution in [2.75, 3.05) is 39.5 Å². The molecule has 1 aliphatic heterocycles. The Morgan fingerprint density at radius 1 is 1.11 bits per heavy atom. The highest BCUT2D eigenvalue weighted by Crippen LogP contribution is 2.29. The fourth-order valence-corrected chi connectivity index (χ4v) is 4.05. The summed E-state index contributed by atoms with van der Waals surface area (Å²) >= 11 is 0. The second-order valence-electron chi connectivity index (χ2n) is 9.23. The first kappa shape index (κ1) is 26.6. The number of para-hydroxylation sites is 1. The third kappa shape index (κ3) is 7.30. The number of nitrogens with zero attached hydrogens (tertiary/aromatic N) is 4. The van der Waals surface area contributed by atoms with Gasteiger partial charge >= 0.3 is 0 Å². The van der Waals surface area contributed by atoms with Gasteiger partial charge < -0.3 is 30.3 Å². The summed E-state index contributed by atoms with van der Waals surface area (Å²) in [5.41, 5.74) is 6.41. The highest BCUT2D eigenvalue weighted by molar-refractivity contribution is 6.02. The number of ether oxygens (including phenoxy) is 2. The average molecular weight is 516 g/mol. The van der Waals surface area contributed by atoms with E-state index in [4.69, 9.17) is 20.6 Å². The monoisotopic (exact) mass is 515 g/mol. The molecule has 1 amide bonds. The predicted octanol–water partition coefficient (Wildman–Crippen LogP) is 3.67. The number of amides is 1. The van der Waals surface area contributed by atoms with Gasteiger partial charge in [0.05, 0.1) is 0 Å². The first-order chi connectivity index (χ1) is 18.4. The summed E-state index contributed by atoms with van der Waals surface area (Å²) in [5, 5.41) is 11.9. The van der Waals surface area contributed by atoms with E-state index < -0.39 is 0 Å². The minimum absolute atomic E-state index is 0.0313. The van der Waals surface area contributed by atoms with Crippen LogP contribution < -0.4 is 20.5 Å². The number of benzene rings is 2. The first-order valence-electron chi connectivity index (χ1n) is 12.5. The number of nitrogen functional groups attached to an aromatic ring is 1. The zero-order valence-electron chi connectivity index (χ0n) is 21.6. The van der Waals surface area contributed by atoms with Crippen molar-refractivity contribution in [1.29, 1.82) is 5.41 Å². The second kappa shape index (κ2) is 12.7. The molecule has 2 heterocycles. The first-order valence-corrected chi connectivity index (χ1v) is 12.5. The molecule has 38 heavy (non-hydrogen) atoms. The van der Waals surface area contributed by atoms with Gasteiger partial charge in [-0.15, -0.1) is 0 Å². The van der Waals surface area contributed by atoms with E-state index in [2.05, 4.69) is 15.3 Å². The van der Waals surface area contributed by atoms with Gasteiger partial charge in [0, 0.05) is 31.8 Å². The topological polar surface area (TPSA) is 130 Å². The SMILES string of the molecule is CN(C)C/C=C/C(=O)N1CCC[C@@H](NC(=N)c2c(N)ncnc2Oc2ccc(Oc3ccccc3)cc2)C1. The van der Waals surface area contributed by atoms with Crippen LogP contribution in [0.3, 0.4) is 0 Å². The van der Waals surface area contributed by atoms with Crippen molar-refractivity contribution in [3.8, 4) is 23.1 Å². The van der Waals surface area contributed by atoms with Crippen LogP contribution >= 0.6 is 0 Å². The minimum atomic E-state index is -0.107. The standard InChI is InChI=1S/C28H33N7O3/c1-34(2)16-7-11-24(36)35-17-6-8-20(18-35)33-27(30)25-26(29)31-19-32-28(25)38-23-14-12-22(13-15-23)37-21-9-4-3-5-10-21/h3-5,7,9-15,19-20H,6,8,16-18H2,1-2H3,(H2,30,33)(H2,29,31,32)/b11-7+/t20-/m1/s1. The molecule has 0 spiro atoms. The zero-order valence-corrected chi connectivity index (χ0v) is 21.6. The molecule has 0 radical (unpaired) electrons. The molecule has 0 bridgehead atoms. The van der Waals surface area contributed by atoms with Gasteiger partial charge in [-0.05, 0) is 63.3 Å². The Hall–Kier alpha value is -4.44. The van der Waals surface area contributed by atoms with Crippen molar-refractivity contribution in [3.05, 3.63) is 78.6 Å². The van der Waals surface area contributed by atoms with E-state index >= 15 is 0 Å². The van der Waals surface area contributed by atoms with Gasteiger partial charge in [-0.25, -0.2) is 9.97 Å². The summed E-state index contributed by atoms with van der Waals surface area (Å²) in [7, 11) is 3.90. The van der Waals surface area contributed by atoms with E-state index in [-0.39, 0.29) is 35.0 Å². The molecule has 0 saturated carbocycles. The number of likely N-dealkylation sites (tertiary alicyclic amines) is 1. The van der Waals surface area contributed by atoms with Crippen LogP contribution in [0, 0.1) is 5.41 Å². The largest absolute Gasteiger partial charge is 0.457 e. The maximum Gasteiger partial charge on any atom is 0.246 e. The summed E-state index contributed by atoms with van der Waals surface area (Å²) in [5.74, 6) is 2.22. The molecule has 10 nitrogen and oxygen atoms in total. The molecule has 0 aliphatic carbocycles. The maximum absolute atomic E-state index is 12.6. The lowest BCUT2D eigenvalue weighted by Gasteiger charge is -2.33. The number of carbonyl (C=O) groups is 1. The molecule has 1 atom stereocenters. The van der Waals surface area contributed by atoms with E-state index in [1.54, 1.807) is 35.2 Å². The number of anilines is 1. The van der Waals surface area contributed by atoms with Crippen LogP contribution in [0.25, 0.3) is 0 Å². The average Bonchev–Trinajstić information content (AvgIpc) is 2.90. The van der Waals surface area contributed by atoms with E-state index in [0.29, 0.717) is 31.1 Å². The third-order valence-electron chi connectivity index (χ3n) is 5.92. The third-order valence-corrected chi connectivity index (χ3v) is 5.92. The number of nitrogens with two attached hydrogens (primary N) is 1. The lowest BCUT2D eigenvalue weighted by Crippen LogP contribution is -2.49. The molecule has 1 aliphatic rings. The Kier molecular flexibility index (Phi) is 8.89. The number of hydrogen-bond donors (Lipinski definition) is 3. The molecule has 3 aromatic rings. The fraction of sp³-hybridized carbons (Fsp3) is 0.286. The van der Waals surface area contributed by atoms with Crippen molar-refractivity contribution in [2.45, 2.75) is 18.9 Å². The normalized spacial score (nSPS) is 15.4. The van der Waals surface area contributed by atoms with Crippen LogP contribution in [0.5, 0.6) is 23.1 Å². The van der Waals surface area contributed by atoms with E-state index in [9.17, 15) is 4.79 Å². The molecule has 4 N–H and O–H groups in total. The number of aromatic nitrogens is 2. The Labute approximate surface area is 222 Å². The maximum atomic E-state index is 12.6. The number of hydrogen-bond acceptors (Lipinski definition) is 8. The molecule has 1 aromatic heterocycles. The lowest BCUT2D eigenvalue weighted by molar-refractivity contribution is -0.127. The number of nitrogens with one attached hydrogen (secondary N) is 2. The second-order valence-corrected chi connectivity index (χ2v) is 9.23. The smallest absolute Gasteiger partial charge is 0.246 e. The number of likely N-dealkylation sites (N-methyl/N-ethyl adjacent to an activating group) is 1. The summed E-state index contributed by atoms with van der Waals surface area (Å²) in [6.45, 7) is 1.87. The highest BCUT2D eigenvalue weighted by atomic mass is 16.5. The van der Waals surface area contributed by atoms with Crippen LogP contribution in [0.1, 0.15) is 18.4 Å². The highest BCUT2D eigenvalue weighted by Gasteiger charge is 2.25. The summed E-state index contributed by atoms with van der Waals surface area (Å²) in [6, 6.07) is 16.5. The van der Waals surface area contributed by atoms with E-state index in [1.165, 1.54) is 6.33 Å². The minimum Gasteiger partial charge on any atom is -0.457 e. The molecule has 1 fully saturated rings. The molecule has 1 saturated heterocycles. The predicted molar refractivity (Wildman–Crippen MR) is 147 cm³/mol. The van der Waals surface area contributed by atoms with Gasteiger partial charge in [-0.3, -0.25) is 10.2 Å².